The molecule has 0 fully saturated rings. The van der Waals surface area contributed by atoms with Crippen molar-refractivity contribution >= 4 is 27.3 Å². The van der Waals surface area contributed by atoms with Gasteiger partial charge in [0.1, 0.15) is 0 Å². The number of aryl methyl sites for hydroxylation is 2. The predicted octanol–water partition coefficient (Wildman–Crippen LogP) is 1.13. The monoisotopic (exact) mass is 289 g/mol. The number of nitrogens with one attached hydrogen (secondary N) is 1. The number of hydrogen-bond acceptors (Lipinski definition) is 4. The van der Waals surface area contributed by atoms with Crippen LogP contribution in [0.25, 0.3) is 0 Å². The van der Waals surface area contributed by atoms with Crippen LogP contribution in [0.1, 0.15) is 28.7 Å². The topological polar surface area (TPSA) is 83.5 Å². The van der Waals surface area contributed by atoms with Gasteiger partial charge in [0.15, 0.2) is 5.25 Å². The Hall–Kier alpha value is -0.920. The Balaban J connectivity index is 2.01. The molecule has 2 rings (SSSR count). The summed E-state index contributed by atoms with van der Waals surface area (Å²) in [6, 6.07) is 2.01. The van der Waals surface area contributed by atoms with Crippen LogP contribution in [-0.2, 0) is 34.2 Å². The van der Waals surface area contributed by atoms with E-state index in [0.717, 1.165) is 17.7 Å². The minimum absolute atomic E-state index is 0.178. The van der Waals surface area contributed by atoms with Gasteiger partial charge in [-0.25, -0.2) is 13.1 Å². The van der Waals surface area contributed by atoms with E-state index in [-0.39, 0.29) is 6.54 Å². The van der Waals surface area contributed by atoms with Gasteiger partial charge < -0.3 is 5.11 Å². The molecule has 18 heavy (non-hydrogen) atoms. The Bertz CT molecular complexity index is 540. The number of carbonyl (C=O) groups is 1. The Morgan fingerprint density at radius 3 is 2.89 bits per heavy atom. The lowest BCUT2D eigenvalue weighted by atomic mass is 10.2. The van der Waals surface area contributed by atoms with Crippen molar-refractivity contribution in [3.63, 3.8) is 0 Å². The van der Waals surface area contributed by atoms with Gasteiger partial charge in [-0.05, 0) is 37.8 Å². The molecule has 0 aliphatic heterocycles. The average molecular weight is 289 g/mol. The van der Waals surface area contributed by atoms with Gasteiger partial charge in [-0.1, -0.05) is 0 Å². The summed E-state index contributed by atoms with van der Waals surface area (Å²) in [5, 5.41) is 7.27. The van der Waals surface area contributed by atoms with Gasteiger partial charge >= 0.3 is 5.97 Å². The number of fused-ring (bicyclic) bond motifs is 1. The number of hydrogen-bond donors (Lipinski definition) is 2. The van der Waals surface area contributed by atoms with E-state index in [1.807, 2.05) is 6.07 Å². The zero-order chi connectivity index (χ0) is 13.3. The summed E-state index contributed by atoms with van der Waals surface area (Å²) in [4.78, 5) is 12.9. The third-order valence-electron chi connectivity index (χ3n) is 3.06. The first-order valence-corrected chi connectivity index (χ1v) is 8.08. The van der Waals surface area contributed by atoms with Gasteiger partial charge in [-0.3, -0.25) is 4.79 Å². The van der Waals surface area contributed by atoms with Gasteiger partial charge in [0.05, 0.1) is 0 Å². The maximum atomic E-state index is 11.6. The first-order chi connectivity index (χ1) is 8.40. The highest BCUT2D eigenvalue weighted by molar-refractivity contribution is 7.90. The largest absolute Gasteiger partial charge is 0.480 e. The molecule has 0 saturated carbocycles. The fourth-order valence-electron chi connectivity index (χ4n) is 1.91. The normalized spacial score (nSPS) is 16.5. The van der Waals surface area contributed by atoms with Crippen molar-refractivity contribution in [2.24, 2.45) is 0 Å². The third-order valence-corrected chi connectivity index (χ3v) is 5.97. The second-order valence-corrected chi connectivity index (χ2v) is 7.67. The molecule has 2 N–H and O–H groups in total. The zero-order valence-electron chi connectivity index (χ0n) is 9.97. The van der Waals surface area contributed by atoms with Gasteiger partial charge in [-0.15, -0.1) is 11.3 Å². The number of carboxylic acids is 1. The molecule has 1 aromatic rings. The predicted molar refractivity (Wildman–Crippen MR) is 69.2 cm³/mol. The summed E-state index contributed by atoms with van der Waals surface area (Å²) in [7, 11) is -3.79. The molecule has 7 heteroatoms. The van der Waals surface area contributed by atoms with E-state index in [1.165, 1.54) is 23.8 Å². The van der Waals surface area contributed by atoms with E-state index in [9.17, 15) is 13.2 Å². The fourth-order valence-corrected chi connectivity index (χ4v) is 4.07. The molecule has 1 atom stereocenters. The zero-order valence-corrected chi connectivity index (χ0v) is 11.6. The van der Waals surface area contributed by atoms with Crippen molar-refractivity contribution in [3.05, 3.63) is 21.4 Å². The van der Waals surface area contributed by atoms with Crippen LogP contribution in [-0.4, -0.2) is 24.7 Å². The van der Waals surface area contributed by atoms with Gasteiger partial charge in [0.25, 0.3) is 0 Å². The summed E-state index contributed by atoms with van der Waals surface area (Å²) in [5.74, 6) is -1.34. The molecule has 1 unspecified atom stereocenters. The van der Waals surface area contributed by atoms with E-state index in [1.54, 1.807) is 11.3 Å². The summed E-state index contributed by atoms with van der Waals surface area (Å²) >= 11 is 1.61. The van der Waals surface area contributed by atoms with Crippen molar-refractivity contribution < 1.29 is 18.3 Å². The molecule has 0 radical (unpaired) electrons. The fraction of sp³-hybridized carbons (Fsp3) is 0.545. The Morgan fingerprint density at radius 1 is 1.56 bits per heavy atom. The summed E-state index contributed by atoms with van der Waals surface area (Å²) < 4.78 is 25.6. The van der Waals surface area contributed by atoms with Crippen LogP contribution in [0.3, 0.4) is 0 Å². The SMILES string of the molecule is CC(C(=O)O)S(=O)(=O)NCc1cc2c(s1)CCC2. The van der Waals surface area contributed by atoms with E-state index in [0.29, 0.717) is 0 Å². The molecular formula is C11H15NO4S2. The van der Waals surface area contributed by atoms with E-state index < -0.39 is 21.2 Å². The van der Waals surface area contributed by atoms with Crippen molar-refractivity contribution in [2.75, 3.05) is 0 Å². The van der Waals surface area contributed by atoms with Crippen LogP contribution >= 0.6 is 11.3 Å². The second kappa shape index (κ2) is 4.99. The summed E-state index contributed by atoms with van der Waals surface area (Å²) in [6.07, 6.45) is 3.30. The number of aliphatic carboxylic acids is 1. The van der Waals surface area contributed by atoms with Crippen LogP contribution in [0.2, 0.25) is 0 Å². The quantitative estimate of drug-likeness (QED) is 0.851. The molecule has 0 amide bonds. The number of sulfonamides is 1. The van der Waals surface area contributed by atoms with E-state index in [2.05, 4.69) is 4.72 Å². The van der Waals surface area contributed by atoms with E-state index in [4.69, 9.17) is 5.11 Å². The smallest absolute Gasteiger partial charge is 0.323 e. The standard InChI is InChI=1S/C11H15NO4S2/c1-7(11(13)14)18(15,16)12-6-9-5-8-3-2-4-10(8)17-9/h5,7,12H,2-4,6H2,1H3,(H,13,14). The van der Waals surface area contributed by atoms with Gasteiger partial charge in [0, 0.05) is 16.3 Å². The average Bonchev–Trinajstić information content (AvgIpc) is 2.85. The summed E-state index contributed by atoms with van der Waals surface area (Å²) in [5.41, 5.74) is 1.31. The minimum atomic E-state index is -3.79. The molecule has 5 nitrogen and oxygen atoms in total. The lowest BCUT2D eigenvalue weighted by Gasteiger charge is -2.09. The highest BCUT2D eigenvalue weighted by atomic mass is 32.2. The van der Waals surface area contributed by atoms with Gasteiger partial charge in [0.2, 0.25) is 10.0 Å². The molecule has 0 spiro atoms. The Kier molecular flexibility index (Phi) is 3.74. The first kappa shape index (κ1) is 13.5. The molecule has 1 aromatic heterocycles. The highest BCUT2D eigenvalue weighted by Crippen LogP contribution is 2.30. The maximum Gasteiger partial charge on any atom is 0.323 e. The molecule has 0 aromatic carbocycles. The molecule has 1 aliphatic rings. The number of carboxylic acid groups (broad SMARTS) is 1. The van der Waals surface area contributed by atoms with Crippen LogP contribution in [0.5, 0.6) is 0 Å². The van der Waals surface area contributed by atoms with Crippen LogP contribution in [0, 0.1) is 0 Å². The molecule has 1 heterocycles. The maximum absolute atomic E-state index is 11.6. The van der Waals surface area contributed by atoms with Crippen molar-refractivity contribution in [1.29, 1.82) is 0 Å². The van der Waals surface area contributed by atoms with Gasteiger partial charge in [-0.2, -0.15) is 0 Å². The first-order valence-electron chi connectivity index (χ1n) is 5.72. The van der Waals surface area contributed by atoms with Crippen molar-refractivity contribution in [2.45, 2.75) is 38.0 Å². The molecule has 0 bridgehead atoms. The van der Waals surface area contributed by atoms with E-state index >= 15 is 0 Å². The molecule has 100 valence electrons. The van der Waals surface area contributed by atoms with Crippen molar-refractivity contribution in [1.82, 2.24) is 4.72 Å². The second-order valence-electron chi connectivity index (χ2n) is 4.36. The Morgan fingerprint density at radius 2 is 2.28 bits per heavy atom. The third kappa shape index (κ3) is 2.73. The Labute approximate surface area is 110 Å². The van der Waals surface area contributed by atoms with Crippen LogP contribution < -0.4 is 4.72 Å². The molecule has 1 aliphatic carbocycles. The lowest BCUT2D eigenvalue weighted by Crippen LogP contribution is -2.36. The number of rotatable bonds is 5. The lowest BCUT2D eigenvalue weighted by molar-refractivity contribution is -0.136. The van der Waals surface area contributed by atoms with Crippen molar-refractivity contribution in [3.8, 4) is 0 Å². The minimum Gasteiger partial charge on any atom is -0.480 e. The highest BCUT2D eigenvalue weighted by Gasteiger charge is 2.27. The van der Waals surface area contributed by atoms with Crippen LogP contribution in [0.4, 0.5) is 0 Å². The molecular weight excluding hydrogens is 274 g/mol. The van der Waals surface area contributed by atoms with Crippen LogP contribution in [0.15, 0.2) is 6.07 Å². The number of thiophene rings is 1. The molecule has 0 saturated heterocycles. The summed E-state index contributed by atoms with van der Waals surface area (Å²) in [6.45, 7) is 1.34.